The molecule has 5 aromatic rings. The molecule has 1 aliphatic rings. The molecule has 0 saturated carbocycles. The van der Waals surface area contributed by atoms with Crippen LogP contribution in [0.3, 0.4) is 0 Å². The van der Waals surface area contributed by atoms with Crippen molar-refractivity contribution in [3.05, 3.63) is 99.6 Å². The van der Waals surface area contributed by atoms with E-state index in [1.807, 2.05) is 6.92 Å². The zero-order valence-electron chi connectivity index (χ0n) is 23.9. The van der Waals surface area contributed by atoms with Crippen LogP contribution in [0.25, 0.3) is 27.6 Å². The highest BCUT2D eigenvalue weighted by atomic mass is 19.4. The fraction of sp³-hybridized carbons (Fsp3) is 0.281. The molecular weight excluding hydrogens is 594 g/mol. The number of aliphatic carboxylic acids is 1. The third-order valence-corrected chi connectivity index (χ3v) is 7.91. The molecule has 3 aromatic carbocycles. The molecule has 0 spiro atoms. The first-order valence-corrected chi connectivity index (χ1v) is 14.3. The molecule has 0 amide bonds. The third kappa shape index (κ3) is 6.15. The lowest BCUT2D eigenvalue weighted by Gasteiger charge is -2.15. The maximum Gasteiger partial charge on any atom is 0.416 e. The fourth-order valence-corrected chi connectivity index (χ4v) is 5.43. The molecule has 0 saturated heterocycles. The summed E-state index contributed by atoms with van der Waals surface area (Å²) in [6.45, 7) is 1.85. The van der Waals surface area contributed by atoms with Gasteiger partial charge in [0.25, 0.3) is 5.56 Å². The molecule has 232 valence electrons. The maximum absolute atomic E-state index is 13.7. The Morgan fingerprint density at radius 3 is 2.58 bits per heavy atom. The van der Waals surface area contributed by atoms with Gasteiger partial charge in [-0.1, -0.05) is 18.1 Å². The van der Waals surface area contributed by atoms with E-state index < -0.39 is 29.6 Å². The molecule has 0 aliphatic carbocycles. The normalized spacial score (nSPS) is 15.8. The number of aromatic amines is 1. The Bertz CT molecular complexity index is 2000. The lowest BCUT2D eigenvalue weighted by Crippen LogP contribution is -2.24. The maximum atomic E-state index is 13.7. The number of carboxylic acids is 1. The Morgan fingerprint density at radius 2 is 1.84 bits per heavy atom. The van der Waals surface area contributed by atoms with E-state index in [0.29, 0.717) is 70.7 Å². The number of carbonyl (C=O) groups is 1. The highest BCUT2D eigenvalue weighted by molar-refractivity contribution is 6.03. The standard InChI is InChI=1S/C32H27F4N5O4/c1-17(30-38-23-13-7-19(32(34,35)36)15-26(23)39-30)27-16-24(40-45-27)18-6-12-22-25(14-18)37-28(4-2-3-5-29(42)43)41(31(22)44)21-10-8-20(33)9-11-21/h6-15,17,27H,2-5,16H2,1H3,(H,38,39)(H,42,43)/t17?,27-/m1/s1. The van der Waals surface area contributed by atoms with Gasteiger partial charge in [-0.05, 0) is 67.4 Å². The number of carboxylic acid groups (broad SMARTS) is 1. The van der Waals surface area contributed by atoms with Gasteiger partial charge in [0.05, 0.1) is 44.8 Å². The van der Waals surface area contributed by atoms with Crippen molar-refractivity contribution in [2.24, 2.45) is 5.16 Å². The van der Waals surface area contributed by atoms with Crippen LogP contribution in [-0.4, -0.2) is 42.4 Å². The summed E-state index contributed by atoms with van der Waals surface area (Å²) in [5, 5.41) is 13.6. The number of imidazole rings is 1. The predicted molar refractivity (Wildman–Crippen MR) is 158 cm³/mol. The molecule has 0 radical (unpaired) electrons. The molecule has 3 heterocycles. The first-order chi connectivity index (χ1) is 21.5. The number of nitrogens with one attached hydrogen (secondary N) is 1. The van der Waals surface area contributed by atoms with E-state index in [1.54, 1.807) is 18.2 Å². The summed E-state index contributed by atoms with van der Waals surface area (Å²) in [5.74, 6) is -0.801. The summed E-state index contributed by atoms with van der Waals surface area (Å²) in [7, 11) is 0. The number of H-pyrrole nitrogens is 1. The van der Waals surface area contributed by atoms with Crippen LogP contribution in [0.2, 0.25) is 0 Å². The van der Waals surface area contributed by atoms with Gasteiger partial charge in [-0.3, -0.25) is 14.2 Å². The largest absolute Gasteiger partial charge is 0.481 e. The summed E-state index contributed by atoms with van der Waals surface area (Å²) in [5.41, 5.74) is 1.72. The second-order valence-corrected chi connectivity index (χ2v) is 11.0. The molecular formula is C32H27F4N5O4. The van der Waals surface area contributed by atoms with Crippen LogP contribution < -0.4 is 5.56 Å². The SMILES string of the molecule is CC(c1nc2ccc(C(F)(F)F)cc2[nH]1)[C@H]1CC(c2ccc3c(=O)n(-c4ccc(F)cc4)c(CCCCC(=O)O)nc3c2)=NO1. The molecule has 2 N–H and O–H groups in total. The van der Waals surface area contributed by atoms with Gasteiger partial charge in [-0.15, -0.1) is 0 Å². The Labute approximate surface area is 253 Å². The smallest absolute Gasteiger partial charge is 0.416 e. The lowest BCUT2D eigenvalue weighted by molar-refractivity contribution is -0.138. The first-order valence-electron chi connectivity index (χ1n) is 14.3. The average Bonchev–Trinajstić information content (AvgIpc) is 3.67. The van der Waals surface area contributed by atoms with Gasteiger partial charge in [0.1, 0.15) is 23.6 Å². The Balaban J connectivity index is 1.26. The van der Waals surface area contributed by atoms with Crippen molar-refractivity contribution in [3.8, 4) is 5.69 Å². The second kappa shape index (κ2) is 11.8. The number of halogens is 4. The summed E-state index contributed by atoms with van der Waals surface area (Å²) in [6.07, 6.45) is -3.34. The fourth-order valence-electron chi connectivity index (χ4n) is 5.43. The van der Waals surface area contributed by atoms with Crippen molar-refractivity contribution in [2.45, 2.75) is 57.2 Å². The van der Waals surface area contributed by atoms with Crippen LogP contribution in [0.1, 0.15) is 61.3 Å². The van der Waals surface area contributed by atoms with Gasteiger partial charge in [0, 0.05) is 24.8 Å². The Morgan fingerprint density at radius 1 is 1.07 bits per heavy atom. The number of unbranched alkanes of at least 4 members (excludes halogenated alkanes) is 1. The van der Waals surface area contributed by atoms with Gasteiger partial charge < -0.3 is 14.9 Å². The molecule has 0 bridgehead atoms. The van der Waals surface area contributed by atoms with Crippen molar-refractivity contribution >= 4 is 33.6 Å². The molecule has 9 nitrogen and oxygen atoms in total. The van der Waals surface area contributed by atoms with Crippen LogP contribution in [0.4, 0.5) is 17.6 Å². The molecule has 1 unspecified atom stereocenters. The van der Waals surface area contributed by atoms with E-state index in [2.05, 4.69) is 15.1 Å². The van der Waals surface area contributed by atoms with Crippen LogP contribution in [0.15, 0.2) is 70.6 Å². The van der Waals surface area contributed by atoms with Crippen molar-refractivity contribution < 1.29 is 32.3 Å². The van der Waals surface area contributed by atoms with Gasteiger partial charge in [0.15, 0.2) is 0 Å². The van der Waals surface area contributed by atoms with Crippen molar-refractivity contribution in [1.29, 1.82) is 0 Å². The number of benzene rings is 3. The van der Waals surface area contributed by atoms with Crippen molar-refractivity contribution in [3.63, 3.8) is 0 Å². The first kappa shape index (κ1) is 30.0. The minimum atomic E-state index is -4.47. The highest BCUT2D eigenvalue weighted by Gasteiger charge is 2.33. The second-order valence-electron chi connectivity index (χ2n) is 11.0. The van der Waals surface area contributed by atoms with Gasteiger partial charge in [0.2, 0.25) is 0 Å². The molecule has 45 heavy (non-hydrogen) atoms. The van der Waals surface area contributed by atoms with Crippen LogP contribution in [-0.2, 0) is 22.2 Å². The molecule has 13 heteroatoms. The number of hydrogen-bond acceptors (Lipinski definition) is 6. The minimum absolute atomic E-state index is 0.0133. The lowest BCUT2D eigenvalue weighted by atomic mass is 9.96. The zero-order chi connectivity index (χ0) is 31.9. The molecule has 1 aliphatic heterocycles. The average molecular weight is 622 g/mol. The third-order valence-electron chi connectivity index (χ3n) is 7.91. The monoisotopic (exact) mass is 621 g/mol. The van der Waals surface area contributed by atoms with Crippen molar-refractivity contribution in [1.82, 2.24) is 19.5 Å². The number of nitrogens with zero attached hydrogens (tertiary/aromatic N) is 4. The van der Waals surface area contributed by atoms with E-state index in [4.69, 9.17) is 14.9 Å². The molecule has 2 atom stereocenters. The van der Waals surface area contributed by atoms with E-state index in [0.717, 1.165) is 12.1 Å². The van der Waals surface area contributed by atoms with Crippen LogP contribution >= 0.6 is 0 Å². The summed E-state index contributed by atoms with van der Waals surface area (Å²) in [6, 6.07) is 14.0. The van der Waals surface area contributed by atoms with Crippen LogP contribution in [0.5, 0.6) is 0 Å². The van der Waals surface area contributed by atoms with Crippen LogP contribution in [0, 0.1) is 5.82 Å². The highest BCUT2D eigenvalue weighted by Crippen LogP contribution is 2.33. The summed E-state index contributed by atoms with van der Waals surface area (Å²) in [4.78, 5) is 42.6. The molecule has 0 fully saturated rings. The van der Waals surface area contributed by atoms with E-state index in [9.17, 15) is 27.2 Å². The quantitative estimate of drug-likeness (QED) is 0.143. The number of fused-ring (bicyclic) bond motifs is 2. The van der Waals surface area contributed by atoms with Gasteiger partial charge in [-0.2, -0.15) is 13.2 Å². The molecule has 6 rings (SSSR count). The number of oxime groups is 1. The number of alkyl halides is 3. The zero-order valence-corrected chi connectivity index (χ0v) is 23.9. The number of aryl methyl sites for hydroxylation is 1. The van der Waals surface area contributed by atoms with Crippen molar-refractivity contribution in [2.75, 3.05) is 0 Å². The molecule has 2 aromatic heterocycles. The summed E-state index contributed by atoms with van der Waals surface area (Å²) < 4.78 is 54.5. The van der Waals surface area contributed by atoms with Gasteiger partial charge in [-0.25, -0.2) is 14.4 Å². The predicted octanol–water partition coefficient (Wildman–Crippen LogP) is 6.51. The number of hydrogen-bond donors (Lipinski definition) is 2. The summed E-state index contributed by atoms with van der Waals surface area (Å²) >= 11 is 0. The Kier molecular flexibility index (Phi) is 7.85. The minimum Gasteiger partial charge on any atom is -0.481 e. The van der Waals surface area contributed by atoms with E-state index in [1.165, 1.54) is 34.9 Å². The number of rotatable bonds is 9. The topological polar surface area (TPSA) is 122 Å². The van der Waals surface area contributed by atoms with E-state index in [-0.39, 0.29) is 23.4 Å². The number of aromatic nitrogens is 4. The Hall–Kier alpha value is -5.07. The van der Waals surface area contributed by atoms with Gasteiger partial charge >= 0.3 is 12.1 Å². The van der Waals surface area contributed by atoms with E-state index >= 15 is 0 Å².